The van der Waals surface area contributed by atoms with E-state index in [1.54, 1.807) is 20.3 Å². The Kier molecular flexibility index (Phi) is 8.97. The van der Waals surface area contributed by atoms with E-state index < -0.39 is 15.9 Å². The number of sulfonamides is 1. The van der Waals surface area contributed by atoms with Crippen LogP contribution in [0, 0.1) is 11.8 Å². The first kappa shape index (κ1) is 27.9. The molecule has 0 aliphatic heterocycles. The fraction of sp³-hybridized carbons (Fsp3) is 0.462. The van der Waals surface area contributed by atoms with Gasteiger partial charge in [-0.25, -0.2) is 8.42 Å². The molecule has 10 heteroatoms. The van der Waals surface area contributed by atoms with Crippen molar-refractivity contribution in [1.29, 1.82) is 0 Å². The van der Waals surface area contributed by atoms with E-state index in [-0.39, 0.29) is 16.7 Å². The minimum Gasteiger partial charge on any atom is -0.497 e. The third kappa shape index (κ3) is 5.99. The van der Waals surface area contributed by atoms with Crippen LogP contribution in [0.2, 0.25) is 0 Å². The molecule has 0 bridgehead atoms. The lowest BCUT2D eigenvalue weighted by Crippen LogP contribution is -2.37. The van der Waals surface area contributed by atoms with Crippen LogP contribution in [0.4, 0.5) is 0 Å². The zero-order chi connectivity index (χ0) is 26.6. The first-order valence-electron chi connectivity index (χ1n) is 12.0. The minimum absolute atomic E-state index is 0.169. The van der Waals surface area contributed by atoms with Gasteiger partial charge in [-0.3, -0.25) is 4.79 Å². The Morgan fingerprint density at radius 3 is 2.14 bits per heavy atom. The highest BCUT2D eigenvalue weighted by molar-refractivity contribution is 7.89. The zero-order valence-corrected chi connectivity index (χ0v) is 23.6. The second-order valence-electron chi connectivity index (χ2n) is 9.36. The lowest BCUT2D eigenvalue weighted by atomic mass is 10.2. The number of nitrogens with zero attached hydrogens (tertiary/aromatic N) is 3. The average Bonchev–Trinajstić information content (AvgIpc) is 3.19. The average molecular weight is 534 g/mol. The number of thiazole rings is 1. The van der Waals surface area contributed by atoms with Crippen molar-refractivity contribution in [3.05, 3.63) is 46.8 Å². The highest BCUT2D eigenvalue weighted by Crippen LogP contribution is 2.32. The molecular weight excluding hydrogens is 498 g/mol. The Bertz CT molecular complexity index is 1380. The Balaban J connectivity index is 1.98. The summed E-state index contributed by atoms with van der Waals surface area (Å²) in [5.74, 6) is 1.24. The van der Waals surface area contributed by atoms with Gasteiger partial charge in [0.2, 0.25) is 10.0 Å². The molecule has 196 valence electrons. The molecule has 0 unspecified atom stereocenters. The molecule has 0 N–H and O–H groups in total. The quantitative estimate of drug-likeness (QED) is 0.374. The summed E-state index contributed by atoms with van der Waals surface area (Å²) in [5, 5.41) is 0. The topological polar surface area (TPSA) is 90.2 Å². The monoisotopic (exact) mass is 533 g/mol. The number of carbonyl (C=O) groups is 1. The first-order valence-corrected chi connectivity index (χ1v) is 14.2. The van der Waals surface area contributed by atoms with Crippen molar-refractivity contribution in [2.24, 2.45) is 16.8 Å². The maximum atomic E-state index is 13.3. The molecule has 0 fully saturated rings. The molecule has 0 saturated heterocycles. The van der Waals surface area contributed by atoms with Crippen LogP contribution < -0.4 is 14.3 Å². The molecular formula is C26H35N3O5S2. The van der Waals surface area contributed by atoms with E-state index in [2.05, 4.69) is 4.99 Å². The number of rotatable bonds is 10. The third-order valence-corrected chi connectivity index (χ3v) is 8.43. The van der Waals surface area contributed by atoms with Crippen LogP contribution in [0.25, 0.3) is 10.2 Å². The molecule has 2 aromatic carbocycles. The van der Waals surface area contributed by atoms with Crippen molar-refractivity contribution in [2.75, 3.05) is 27.3 Å². The van der Waals surface area contributed by atoms with Gasteiger partial charge in [0, 0.05) is 31.3 Å². The van der Waals surface area contributed by atoms with Gasteiger partial charge in [-0.1, -0.05) is 39.0 Å². The van der Waals surface area contributed by atoms with Crippen molar-refractivity contribution >= 4 is 37.5 Å². The van der Waals surface area contributed by atoms with E-state index in [1.807, 2.05) is 45.3 Å². The van der Waals surface area contributed by atoms with Crippen LogP contribution >= 0.6 is 11.3 Å². The smallest absolute Gasteiger partial charge is 0.279 e. The van der Waals surface area contributed by atoms with Crippen LogP contribution in [0.5, 0.6) is 11.5 Å². The molecule has 1 amide bonds. The van der Waals surface area contributed by atoms with Gasteiger partial charge in [0.1, 0.15) is 17.0 Å². The maximum absolute atomic E-state index is 13.3. The molecule has 3 rings (SSSR count). The number of ether oxygens (including phenoxy) is 2. The van der Waals surface area contributed by atoms with Crippen molar-refractivity contribution in [3.63, 3.8) is 0 Å². The number of benzene rings is 2. The van der Waals surface area contributed by atoms with Gasteiger partial charge in [0.05, 0.1) is 23.8 Å². The minimum atomic E-state index is -3.67. The largest absolute Gasteiger partial charge is 0.497 e. The SMILES string of the molecule is CCn1c(=NC(=O)c2ccc(S(=O)(=O)N(CC(C)C)CC(C)C)cc2)sc2cc(OC)cc(OC)c21. The summed E-state index contributed by atoms with van der Waals surface area (Å²) in [5.41, 5.74) is 1.16. The number of methoxy groups -OCH3 is 2. The van der Waals surface area contributed by atoms with Gasteiger partial charge in [-0.05, 0) is 49.1 Å². The van der Waals surface area contributed by atoms with Gasteiger partial charge in [-0.2, -0.15) is 9.30 Å². The number of fused-ring (bicyclic) bond motifs is 1. The molecule has 0 atom stereocenters. The van der Waals surface area contributed by atoms with Gasteiger partial charge < -0.3 is 14.0 Å². The number of hydrogen-bond donors (Lipinski definition) is 0. The maximum Gasteiger partial charge on any atom is 0.279 e. The number of amides is 1. The molecule has 1 heterocycles. The molecule has 1 aromatic heterocycles. The molecule has 3 aromatic rings. The lowest BCUT2D eigenvalue weighted by molar-refractivity contribution is 0.0997. The predicted octanol–water partition coefficient (Wildman–Crippen LogP) is 4.78. The number of carbonyl (C=O) groups excluding carboxylic acids is 1. The van der Waals surface area contributed by atoms with Crippen LogP contribution in [0.15, 0.2) is 46.3 Å². The van der Waals surface area contributed by atoms with E-state index in [1.165, 1.54) is 39.9 Å². The summed E-state index contributed by atoms with van der Waals surface area (Å²) in [6.45, 7) is 11.4. The van der Waals surface area contributed by atoms with E-state index in [9.17, 15) is 13.2 Å². The molecule has 36 heavy (non-hydrogen) atoms. The van der Waals surface area contributed by atoms with Crippen molar-refractivity contribution in [1.82, 2.24) is 8.87 Å². The van der Waals surface area contributed by atoms with Gasteiger partial charge in [0.25, 0.3) is 5.91 Å². The number of aromatic nitrogens is 1. The van der Waals surface area contributed by atoms with Crippen molar-refractivity contribution < 1.29 is 22.7 Å². The molecule has 8 nitrogen and oxygen atoms in total. The molecule has 0 spiro atoms. The molecule has 0 saturated carbocycles. The second kappa shape index (κ2) is 11.6. The van der Waals surface area contributed by atoms with Gasteiger partial charge in [0.15, 0.2) is 4.80 Å². The summed E-state index contributed by atoms with van der Waals surface area (Å²) in [7, 11) is -0.492. The van der Waals surface area contributed by atoms with Crippen LogP contribution in [0.1, 0.15) is 45.0 Å². The first-order chi connectivity index (χ1) is 17.0. The van der Waals surface area contributed by atoms with E-state index >= 15 is 0 Å². The Hall–Kier alpha value is -2.69. The summed E-state index contributed by atoms with van der Waals surface area (Å²) < 4.78 is 41.8. The fourth-order valence-corrected chi connectivity index (χ4v) is 6.86. The molecule has 0 radical (unpaired) electrons. The normalized spacial score (nSPS) is 12.8. The van der Waals surface area contributed by atoms with E-state index in [0.717, 1.165) is 10.2 Å². The van der Waals surface area contributed by atoms with E-state index in [4.69, 9.17) is 9.47 Å². The Morgan fingerprint density at radius 1 is 1.03 bits per heavy atom. The van der Waals surface area contributed by atoms with Gasteiger partial charge >= 0.3 is 0 Å². The van der Waals surface area contributed by atoms with Crippen molar-refractivity contribution in [3.8, 4) is 11.5 Å². The Labute approximate surface area is 217 Å². The fourth-order valence-electron chi connectivity index (χ4n) is 3.96. The van der Waals surface area contributed by atoms with Crippen LogP contribution in [-0.2, 0) is 16.6 Å². The standard InChI is InChI=1S/C26H35N3O5S2/c1-8-29-24-22(34-7)13-20(33-6)14-23(24)35-26(29)27-25(30)19-9-11-21(12-10-19)36(31,32)28(15-17(2)3)16-18(4)5/h9-14,17-18H,8,15-16H2,1-7H3. The van der Waals surface area contributed by atoms with Crippen molar-refractivity contribution in [2.45, 2.75) is 46.1 Å². The third-order valence-electron chi connectivity index (χ3n) is 5.56. The summed E-state index contributed by atoms with van der Waals surface area (Å²) >= 11 is 1.37. The highest BCUT2D eigenvalue weighted by Gasteiger charge is 2.26. The number of hydrogen-bond acceptors (Lipinski definition) is 6. The zero-order valence-electron chi connectivity index (χ0n) is 21.9. The molecule has 0 aliphatic rings. The van der Waals surface area contributed by atoms with Gasteiger partial charge in [-0.15, -0.1) is 0 Å². The van der Waals surface area contributed by atoms with Crippen LogP contribution in [0.3, 0.4) is 0 Å². The van der Waals surface area contributed by atoms with E-state index in [0.29, 0.717) is 41.5 Å². The second-order valence-corrected chi connectivity index (χ2v) is 12.3. The summed E-state index contributed by atoms with van der Waals surface area (Å²) in [4.78, 5) is 18.1. The number of aryl methyl sites for hydroxylation is 1. The molecule has 0 aliphatic carbocycles. The summed E-state index contributed by atoms with van der Waals surface area (Å²) in [6, 6.07) is 9.70. The summed E-state index contributed by atoms with van der Waals surface area (Å²) in [6.07, 6.45) is 0. The predicted molar refractivity (Wildman–Crippen MR) is 143 cm³/mol. The Morgan fingerprint density at radius 2 is 1.64 bits per heavy atom. The highest BCUT2D eigenvalue weighted by atomic mass is 32.2. The lowest BCUT2D eigenvalue weighted by Gasteiger charge is -2.25. The van der Waals surface area contributed by atoms with Crippen LogP contribution in [-0.4, -0.2) is 50.5 Å².